The first-order valence-corrected chi connectivity index (χ1v) is 8.27. The summed E-state index contributed by atoms with van der Waals surface area (Å²) in [6.45, 7) is 2.59. The Morgan fingerprint density at radius 1 is 0.963 bits per heavy atom. The summed E-state index contributed by atoms with van der Waals surface area (Å²) in [5, 5.41) is 2.64. The van der Waals surface area contributed by atoms with Crippen molar-refractivity contribution in [3.05, 3.63) is 54.1 Å². The number of ether oxygens (including phenoxy) is 3. The number of Topliss-reactive ketones (excluding diaryl/α,β-unsaturated/α-hetero) is 1. The van der Waals surface area contributed by atoms with Crippen molar-refractivity contribution in [3.63, 3.8) is 0 Å². The van der Waals surface area contributed by atoms with Crippen molar-refractivity contribution >= 4 is 23.3 Å². The average molecular weight is 371 g/mol. The lowest BCUT2D eigenvalue weighted by Gasteiger charge is -2.14. The molecule has 0 saturated carbocycles. The number of hydrogen-bond acceptors (Lipinski definition) is 6. The Labute approximate surface area is 157 Å². The van der Waals surface area contributed by atoms with E-state index in [0.29, 0.717) is 22.7 Å². The number of ketones is 1. The minimum Gasteiger partial charge on any atom is -0.497 e. The predicted molar refractivity (Wildman–Crippen MR) is 99.1 cm³/mol. The van der Waals surface area contributed by atoms with Crippen LogP contribution < -0.4 is 14.8 Å². The molecular formula is C20H21NO6. The molecule has 0 aliphatic rings. The van der Waals surface area contributed by atoms with E-state index < -0.39 is 18.0 Å². The average Bonchev–Trinajstić information content (AvgIpc) is 2.67. The van der Waals surface area contributed by atoms with Gasteiger partial charge in [0.05, 0.1) is 7.11 Å². The Bertz CT molecular complexity index is 798. The quantitative estimate of drug-likeness (QED) is 0.567. The van der Waals surface area contributed by atoms with Gasteiger partial charge >= 0.3 is 5.97 Å². The fraction of sp³-hybridized carbons (Fsp3) is 0.250. The zero-order chi connectivity index (χ0) is 19.8. The van der Waals surface area contributed by atoms with Gasteiger partial charge in [0, 0.05) is 11.3 Å². The lowest BCUT2D eigenvalue weighted by atomic mass is 10.1. The lowest BCUT2D eigenvalue weighted by Crippen LogP contribution is -2.31. The Hall–Kier alpha value is -3.35. The van der Waals surface area contributed by atoms with Gasteiger partial charge in [0.2, 0.25) is 0 Å². The van der Waals surface area contributed by atoms with Crippen molar-refractivity contribution in [1.82, 2.24) is 0 Å². The molecule has 2 rings (SSSR count). The summed E-state index contributed by atoms with van der Waals surface area (Å²) < 4.78 is 15.4. The van der Waals surface area contributed by atoms with E-state index in [9.17, 15) is 14.4 Å². The van der Waals surface area contributed by atoms with Crippen LogP contribution in [0.3, 0.4) is 0 Å². The number of amides is 1. The standard InChI is InChI=1S/C20H21NO6/c1-13(22)15-4-8-18(9-5-15)26-12-19(23)27-14(2)20(24)21-16-6-10-17(25-3)11-7-16/h4-11,14H,12H2,1-3H3,(H,21,24)/t14-/m1/s1. The van der Waals surface area contributed by atoms with Gasteiger partial charge in [0.15, 0.2) is 18.5 Å². The topological polar surface area (TPSA) is 90.9 Å². The summed E-state index contributed by atoms with van der Waals surface area (Å²) in [6.07, 6.45) is -0.983. The van der Waals surface area contributed by atoms with Crippen LogP contribution in [-0.2, 0) is 14.3 Å². The second kappa shape index (κ2) is 9.38. The number of nitrogens with one attached hydrogen (secondary N) is 1. The maximum Gasteiger partial charge on any atom is 0.344 e. The van der Waals surface area contributed by atoms with Crippen molar-refractivity contribution < 1.29 is 28.6 Å². The van der Waals surface area contributed by atoms with E-state index in [1.807, 2.05) is 0 Å². The Balaban J connectivity index is 1.79. The molecule has 2 aromatic carbocycles. The Morgan fingerprint density at radius 2 is 1.56 bits per heavy atom. The van der Waals surface area contributed by atoms with Crippen molar-refractivity contribution in [2.45, 2.75) is 20.0 Å². The van der Waals surface area contributed by atoms with E-state index >= 15 is 0 Å². The summed E-state index contributed by atoms with van der Waals surface area (Å²) in [6, 6.07) is 13.2. The van der Waals surface area contributed by atoms with Gasteiger partial charge in [0.1, 0.15) is 11.5 Å². The number of benzene rings is 2. The van der Waals surface area contributed by atoms with E-state index in [0.717, 1.165) is 0 Å². The van der Waals surface area contributed by atoms with E-state index in [1.165, 1.54) is 13.8 Å². The van der Waals surface area contributed by atoms with E-state index in [2.05, 4.69) is 5.32 Å². The molecule has 0 radical (unpaired) electrons. The summed E-state index contributed by atoms with van der Waals surface area (Å²) in [5.74, 6) is -0.103. The molecule has 1 atom stereocenters. The molecule has 27 heavy (non-hydrogen) atoms. The summed E-state index contributed by atoms with van der Waals surface area (Å²) in [7, 11) is 1.55. The largest absolute Gasteiger partial charge is 0.497 e. The number of anilines is 1. The number of rotatable bonds is 8. The smallest absolute Gasteiger partial charge is 0.344 e. The normalized spacial score (nSPS) is 11.2. The molecule has 2 aromatic rings. The minimum atomic E-state index is -0.983. The van der Waals surface area contributed by atoms with Gasteiger partial charge in [-0.05, 0) is 62.4 Å². The molecule has 0 heterocycles. The number of carbonyl (C=O) groups is 3. The van der Waals surface area contributed by atoms with Crippen molar-refractivity contribution in [1.29, 1.82) is 0 Å². The maximum atomic E-state index is 12.1. The van der Waals surface area contributed by atoms with E-state index in [-0.39, 0.29) is 12.4 Å². The lowest BCUT2D eigenvalue weighted by molar-refractivity contribution is -0.155. The van der Waals surface area contributed by atoms with Crippen LogP contribution in [-0.4, -0.2) is 37.5 Å². The Morgan fingerprint density at radius 3 is 2.11 bits per heavy atom. The first kappa shape index (κ1) is 20.0. The third-order valence-corrected chi connectivity index (χ3v) is 3.65. The van der Waals surface area contributed by atoms with Crippen LogP contribution >= 0.6 is 0 Å². The van der Waals surface area contributed by atoms with Crippen LogP contribution in [0.25, 0.3) is 0 Å². The zero-order valence-corrected chi connectivity index (χ0v) is 15.4. The van der Waals surface area contributed by atoms with Crippen molar-refractivity contribution in [2.24, 2.45) is 0 Å². The number of hydrogen-bond donors (Lipinski definition) is 1. The van der Waals surface area contributed by atoms with Crippen LogP contribution in [0.4, 0.5) is 5.69 Å². The molecule has 0 fully saturated rings. The maximum absolute atomic E-state index is 12.1. The fourth-order valence-electron chi connectivity index (χ4n) is 2.13. The van der Waals surface area contributed by atoms with Crippen LogP contribution in [0.1, 0.15) is 24.2 Å². The van der Waals surface area contributed by atoms with Gasteiger partial charge in [-0.2, -0.15) is 0 Å². The first-order chi connectivity index (χ1) is 12.9. The molecule has 0 spiro atoms. The van der Waals surface area contributed by atoms with Crippen LogP contribution in [0.5, 0.6) is 11.5 Å². The molecule has 142 valence electrons. The molecule has 0 aliphatic carbocycles. The monoisotopic (exact) mass is 371 g/mol. The number of esters is 1. The highest BCUT2D eigenvalue weighted by atomic mass is 16.6. The van der Waals surface area contributed by atoms with Gasteiger partial charge < -0.3 is 19.5 Å². The van der Waals surface area contributed by atoms with E-state index in [4.69, 9.17) is 14.2 Å². The highest BCUT2D eigenvalue weighted by molar-refractivity contribution is 5.95. The molecule has 7 heteroatoms. The van der Waals surface area contributed by atoms with Gasteiger partial charge in [-0.15, -0.1) is 0 Å². The molecule has 0 aromatic heterocycles. The molecule has 0 bridgehead atoms. The number of methoxy groups -OCH3 is 1. The van der Waals surface area contributed by atoms with Crippen molar-refractivity contribution in [2.75, 3.05) is 19.0 Å². The highest BCUT2D eigenvalue weighted by Crippen LogP contribution is 2.16. The van der Waals surface area contributed by atoms with Crippen molar-refractivity contribution in [3.8, 4) is 11.5 Å². The number of carbonyl (C=O) groups excluding carboxylic acids is 3. The second-order valence-corrected chi connectivity index (χ2v) is 5.72. The molecule has 0 saturated heterocycles. The first-order valence-electron chi connectivity index (χ1n) is 8.27. The van der Waals surface area contributed by atoms with Gasteiger partial charge in [-0.1, -0.05) is 0 Å². The molecule has 0 aliphatic heterocycles. The molecule has 7 nitrogen and oxygen atoms in total. The second-order valence-electron chi connectivity index (χ2n) is 5.72. The van der Waals surface area contributed by atoms with Gasteiger partial charge in [-0.3, -0.25) is 9.59 Å². The molecule has 1 amide bonds. The van der Waals surface area contributed by atoms with Crippen LogP contribution in [0.15, 0.2) is 48.5 Å². The fourth-order valence-corrected chi connectivity index (χ4v) is 2.13. The SMILES string of the molecule is COc1ccc(NC(=O)[C@@H](C)OC(=O)COc2ccc(C(C)=O)cc2)cc1. The summed E-state index contributed by atoms with van der Waals surface area (Å²) in [4.78, 5) is 35.1. The van der Waals surface area contributed by atoms with Crippen LogP contribution in [0, 0.1) is 0 Å². The minimum absolute atomic E-state index is 0.0577. The summed E-state index contributed by atoms with van der Waals surface area (Å²) in [5.41, 5.74) is 1.11. The molecular weight excluding hydrogens is 350 g/mol. The van der Waals surface area contributed by atoms with Crippen LogP contribution in [0.2, 0.25) is 0 Å². The predicted octanol–water partition coefficient (Wildman–Crippen LogP) is 2.85. The third kappa shape index (κ3) is 6.14. The van der Waals surface area contributed by atoms with E-state index in [1.54, 1.807) is 55.6 Å². The zero-order valence-electron chi connectivity index (χ0n) is 15.4. The highest BCUT2D eigenvalue weighted by Gasteiger charge is 2.18. The molecule has 1 N–H and O–H groups in total. The van der Waals surface area contributed by atoms with Gasteiger partial charge in [0.25, 0.3) is 5.91 Å². The Kier molecular flexibility index (Phi) is 6.93. The molecule has 0 unspecified atom stereocenters. The van der Waals surface area contributed by atoms with Gasteiger partial charge in [-0.25, -0.2) is 4.79 Å². The summed E-state index contributed by atoms with van der Waals surface area (Å²) >= 11 is 0. The third-order valence-electron chi connectivity index (χ3n) is 3.65.